The number of ether oxygens (including phenoxy) is 1. The highest BCUT2D eigenvalue weighted by Crippen LogP contribution is 2.18. The number of benzene rings is 1. The Balaban J connectivity index is 2.55. The standard InChI is InChI=1S/C10H7F2NO2/c11-10(12)15-6-1-2-8-7(5-6)9(14)3-4-13-8/h1-5,10H,(H,13,14). The molecule has 15 heavy (non-hydrogen) atoms. The van der Waals surface area contributed by atoms with E-state index < -0.39 is 6.61 Å². The second-order valence-electron chi connectivity index (χ2n) is 2.93. The first-order chi connectivity index (χ1) is 7.16. The van der Waals surface area contributed by atoms with Gasteiger partial charge >= 0.3 is 6.61 Å². The van der Waals surface area contributed by atoms with Crippen LogP contribution in [-0.4, -0.2) is 11.6 Å². The number of rotatable bonds is 2. The minimum Gasteiger partial charge on any atom is -0.435 e. The number of pyridine rings is 1. The molecule has 0 bridgehead atoms. The molecule has 1 heterocycles. The molecule has 0 atom stereocenters. The summed E-state index contributed by atoms with van der Waals surface area (Å²) in [4.78, 5) is 14.2. The number of fused-ring (bicyclic) bond motifs is 1. The summed E-state index contributed by atoms with van der Waals surface area (Å²) in [5.74, 6) is -0.0193. The average Bonchev–Trinajstić information content (AvgIpc) is 2.18. The highest BCUT2D eigenvalue weighted by atomic mass is 19.3. The Kier molecular flexibility index (Phi) is 2.37. The molecule has 5 heteroatoms. The zero-order valence-corrected chi connectivity index (χ0v) is 7.54. The van der Waals surface area contributed by atoms with Gasteiger partial charge in [-0.3, -0.25) is 4.79 Å². The molecule has 0 amide bonds. The van der Waals surface area contributed by atoms with Crippen molar-refractivity contribution in [2.45, 2.75) is 6.61 Å². The van der Waals surface area contributed by atoms with E-state index in [1.807, 2.05) is 0 Å². The lowest BCUT2D eigenvalue weighted by Crippen LogP contribution is -2.04. The SMILES string of the molecule is O=c1cc[nH]c2ccc(OC(F)F)cc12. The molecule has 0 unspecified atom stereocenters. The maximum Gasteiger partial charge on any atom is 0.387 e. The minimum absolute atomic E-state index is 0.0193. The normalized spacial score (nSPS) is 10.9. The molecule has 0 saturated heterocycles. The number of hydrogen-bond acceptors (Lipinski definition) is 2. The van der Waals surface area contributed by atoms with Crippen LogP contribution < -0.4 is 10.2 Å². The maximum absolute atomic E-state index is 11.9. The molecule has 0 aliphatic rings. The Labute approximate surface area is 83.3 Å². The van der Waals surface area contributed by atoms with Gasteiger partial charge in [-0.25, -0.2) is 0 Å². The number of aromatic amines is 1. The van der Waals surface area contributed by atoms with Crippen molar-refractivity contribution in [3.63, 3.8) is 0 Å². The summed E-state index contributed by atoms with van der Waals surface area (Å²) in [5, 5.41) is 0.329. The predicted molar refractivity (Wildman–Crippen MR) is 51.2 cm³/mol. The van der Waals surface area contributed by atoms with E-state index in [1.165, 1.54) is 30.5 Å². The molecule has 78 valence electrons. The number of alkyl halides is 2. The van der Waals surface area contributed by atoms with E-state index in [0.29, 0.717) is 10.9 Å². The third-order valence-electron chi connectivity index (χ3n) is 1.96. The van der Waals surface area contributed by atoms with Crippen LogP contribution in [0.2, 0.25) is 0 Å². The lowest BCUT2D eigenvalue weighted by atomic mass is 10.2. The van der Waals surface area contributed by atoms with Crippen molar-refractivity contribution in [2.75, 3.05) is 0 Å². The van der Waals surface area contributed by atoms with Gasteiger partial charge in [0.2, 0.25) is 0 Å². The second-order valence-corrected chi connectivity index (χ2v) is 2.93. The molecule has 0 aliphatic heterocycles. The van der Waals surface area contributed by atoms with Gasteiger partial charge in [-0.15, -0.1) is 0 Å². The van der Waals surface area contributed by atoms with Crippen LogP contribution in [0.4, 0.5) is 8.78 Å². The molecule has 2 aromatic rings. The fourth-order valence-electron chi connectivity index (χ4n) is 1.33. The van der Waals surface area contributed by atoms with Gasteiger partial charge in [-0.2, -0.15) is 8.78 Å². The third kappa shape index (κ3) is 1.96. The zero-order valence-electron chi connectivity index (χ0n) is 7.54. The first kappa shape index (κ1) is 9.64. The van der Waals surface area contributed by atoms with Gasteiger partial charge in [0.1, 0.15) is 5.75 Å². The maximum atomic E-state index is 11.9. The van der Waals surface area contributed by atoms with Crippen molar-refractivity contribution in [1.29, 1.82) is 0 Å². The molecule has 1 N–H and O–H groups in total. The van der Waals surface area contributed by atoms with Crippen LogP contribution in [0.5, 0.6) is 5.75 Å². The summed E-state index contributed by atoms with van der Waals surface area (Å²) in [6.07, 6.45) is 1.50. The Morgan fingerprint density at radius 3 is 2.80 bits per heavy atom. The Hall–Kier alpha value is -1.91. The van der Waals surface area contributed by atoms with Gasteiger partial charge in [0.25, 0.3) is 0 Å². The highest BCUT2D eigenvalue weighted by Gasteiger charge is 2.05. The van der Waals surface area contributed by atoms with Crippen LogP contribution in [0.25, 0.3) is 10.9 Å². The number of nitrogens with one attached hydrogen (secondary N) is 1. The summed E-state index contributed by atoms with van der Waals surface area (Å²) >= 11 is 0. The van der Waals surface area contributed by atoms with Crippen molar-refractivity contribution >= 4 is 10.9 Å². The summed E-state index contributed by atoms with van der Waals surface area (Å²) in [6.45, 7) is -2.88. The molecule has 0 aliphatic carbocycles. The van der Waals surface area contributed by atoms with Gasteiger partial charge < -0.3 is 9.72 Å². The molecular weight excluding hydrogens is 204 g/mol. The quantitative estimate of drug-likeness (QED) is 0.826. The van der Waals surface area contributed by atoms with Crippen LogP contribution in [0.3, 0.4) is 0 Å². The lowest BCUT2D eigenvalue weighted by Gasteiger charge is -2.04. The fourth-order valence-corrected chi connectivity index (χ4v) is 1.33. The first-order valence-electron chi connectivity index (χ1n) is 4.23. The van der Waals surface area contributed by atoms with Crippen LogP contribution >= 0.6 is 0 Å². The van der Waals surface area contributed by atoms with E-state index in [2.05, 4.69) is 9.72 Å². The van der Waals surface area contributed by atoms with E-state index in [-0.39, 0.29) is 11.2 Å². The van der Waals surface area contributed by atoms with Gasteiger partial charge in [0.15, 0.2) is 5.43 Å². The fraction of sp³-hybridized carbons (Fsp3) is 0.100. The van der Waals surface area contributed by atoms with Gasteiger partial charge in [-0.1, -0.05) is 0 Å². The Morgan fingerprint density at radius 1 is 1.27 bits per heavy atom. The first-order valence-corrected chi connectivity index (χ1v) is 4.23. The summed E-state index contributed by atoms with van der Waals surface area (Å²) in [5.41, 5.74) is 0.354. The van der Waals surface area contributed by atoms with E-state index in [0.717, 1.165) is 0 Å². The van der Waals surface area contributed by atoms with Crippen LogP contribution in [0.1, 0.15) is 0 Å². The molecule has 1 aromatic heterocycles. The number of aromatic nitrogens is 1. The number of H-pyrrole nitrogens is 1. The van der Waals surface area contributed by atoms with Gasteiger partial charge in [0, 0.05) is 23.2 Å². The summed E-state index contributed by atoms with van der Waals surface area (Å²) in [7, 11) is 0. The second kappa shape index (κ2) is 3.68. The van der Waals surface area contributed by atoms with E-state index in [4.69, 9.17) is 0 Å². The zero-order chi connectivity index (χ0) is 10.8. The molecular formula is C10H7F2NO2. The highest BCUT2D eigenvalue weighted by molar-refractivity contribution is 5.79. The van der Waals surface area contributed by atoms with Crippen molar-refractivity contribution in [3.05, 3.63) is 40.7 Å². The summed E-state index contributed by atoms with van der Waals surface area (Å²) in [6, 6.07) is 5.52. The van der Waals surface area contributed by atoms with E-state index >= 15 is 0 Å². The number of hydrogen-bond donors (Lipinski definition) is 1. The summed E-state index contributed by atoms with van der Waals surface area (Å²) < 4.78 is 28.0. The van der Waals surface area contributed by atoms with Crippen molar-refractivity contribution < 1.29 is 13.5 Å². The largest absolute Gasteiger partial charge is 0.435 e. The van der Waals surface area contributed by atoms with Crippen LogP contribution in [-0.2, 0) is 0 Å². The molecule has 0 spiro atoms. The van der Waals surface area contributed by atoms with Crippen molar-refractivity contribution in [2.24, 2.45) is 0 Å². The van der Waals surface area contributed by atoms with E-state index in [1.54, 1.807) is 0 Å². The molecule has 0 saturated carbocycles. The van der Waals surface area contributed by atoms with Gasteiger partial charge in [-0.05, 0) is 18.2 Å². The molecule has 0 radical (unpaired) electrons. The van der Waals surface area contributed by atoms with Gasteiger partial charge in [0.05, 0.1) is 0 Å². The van der Waals surface area contributed by atoms with E-state index in [9.17, 15) is 13.6 Å². The Morgan fingerprint density at radius 2 is 2.07 bits per heavy atom. The van der Waals surface area contributed by atoms with Crippen molar-refractivity contribution in [3.8, 4) is 5.75 Å². The third-order valence-corrected chi connectivity index (χ3v) is 1.96. The van der Waals surface area contributed by atoms with Crippen LogP contribution in [0.15, 0.2) is 35.3 Å². The molecule has 2 rings (SSSR count). The van der Waals surface area contributed by atoms with Crippen LogP contribution in [0, 0.1) is 0 Å². The topological polar surface area (TPSA) is 42.1 Å². The molecule has 0 fully saturated rings. The smallest absolute Gasteiger partial charge is 0.387 e. The monoisotopic (exact) mass is 211 g/mol. The van der Waals surface area contributed by atoms with Crippen molar-refractivity contribution in [1.82, 2.24) is 4.98 Å². The molecule has 3 nitrogen and oxygen atoms in total. The Bertz CT molecular complexity index is 536. The molecule has 1 aromatic carbocycles. The average molecular weight is 211 g/mol. The predicted octanol–water partition coefficient (Wildman–Crippen LogP) is 2.13. The number of halogens is 2. The lowest BCUT2D eigenvalue weighted by molar-refractivity contribution is -0.0497. The minimum atomic E-state index is -2.88.